The molecule has 0 saturated heterocycles. The van der Waals surface area contributed by atoms with Crippen molar-refractivity contribution in [3.8, 4) is 0 Å². The van der Waals surface area contributed by atoms with E-state index in [1.165, 1.54) is 11.9 Å². The van der Waals surface area contributed by atoms with Crippen molar-refractivity contribution in [3.63, 3.8) is 0 Å². The monoisotopic (exact) mass is 213 g/mol. The summed E-state index contributed by atoms with van der Waals surface area (Å²) in [7, 11) is 1.53. The molecule has 5 nitrogen and oxygen atoms in total. The Morgan fingerprint density at radius 3 is 2.80 bits per heavy atom. The summed E-state index contributed by atoms with van der Waals surface area (Å²) in [6.07, 6.45) is 0.637. The number of rotatable bonds is 3. The van der Waals surface area contributed by atoms with E-state index in [9.17, 15) is 9.18 Å². The molecule has 1 saturated carbocycles. The van der Waals surface area contributed by atoms with Crippen LogP contribution >= 0.6 is 0 Å². The third-order valence-corrected chi connectivity index (χ3v) is 2.36. The van der Waals surface area contributed by atoms with E-state index in [1.54, 1.807) is 6.92 Å². The van der Waals surface area contributed by atoms with E-state index in [-0.39, 0.29) is 6.54 Å². The molecular formula is C9H12FN3O2. The van der Waals surface area contributed by atoms with E-state index in [1.807, 2.05) is 0 Å². The van der Waals surface area contributed by atoms with Crippen molar-refractivity contribution in [2.45, 2.75) is 32.0 Å². The fraction of sp³-hybridized carbons (Fsp3) is 0.667. The van der Waals surface area contributed by atoms with Gasteiger partial charge in [-0.3, -0.25) is 4.79 Å². The van der Waals surface area contributed by atoms with Gasteiger partial charge in [0.2, 0.25) is 5.89 Å². The van der Waals surface area contributed by atoms with Crippen LogP contribution in [0.15, 0.2) is 4.52 Å². The molecule has 0 aromatic carbocycles. The lowest BCUT2D eigenvalue weighted by molar-refractivity contribution is -0.137. The number of aryl methyl sites for hydroxylation is 1. The second-order valence-corrected chi connectivity index (χ2v) is 3.86. The molecular weight excluding hydrogens is 201 g/mol. The highest BCUT2D eigenvalue weighted by molar-refractivity contribution is 5.87. The van der Waals surface area contributed by atoms with Gasteiger partial charge >= 0.3 is 0 Å². The van der Waals surface area contributed by atoms with Gasteiger partial charge in [0.05, 0.1) is 6.54 Å². The first-order chi connectivity index (χ1) is 7.01. The van der Waals surface area contributed by atoms with Crippen LogP contribution in [0.2, 0.25) is 0 Å². The Kier molecular flexibility index (Phi) is 2.21. The molecule has 1 heterocycles. The zero-order valence-electron chi connectivity index (χ0n) is 8.66. The van der Waals surface area contributed by atoms with Crippen LogP contribution in [0.4, 0.5) is 4.39 Å². The van der Waals surface area contributed by atoms with Gasteiger partial charge < -0.3 is 9.42 Å². The average molecular weight is 213 g/mol. The van der Waals surface area contributed by atoms with Crippen molar-refractivity contribution in [2.24, 2.45) is 0 Å². The maximum absolute atomic E-state index is 13.4. The molecule has 0 radical (unpaired) electrons. The minimum Gasteiger partial charge on any atom is -0.337 e. The molecule has 2 rings (SSSR count). The molecule has 0 atom stereocenters. The highest BCUT2D eigenvalue weighted by Gasteiger charge is 2.52. The van der Waals surface area contributed by atoms with Crippen LogP contribution < -0.4 is 0 Å². The fourth-order valence-electron chi connectivity index (χ4n) is 1.34. The topological polar surface area (TPSA) is 59.2 Å². The number of aromatic nitrogens is 2. The molecule has 1 fully saturated rings. The molecule has 1 aliphatic rings. The van der Waals surface area contributed by atoms with Gasteiger partial charge in [0, 0.05) is 7.05 Å². The van der Waals surface area contributed by atoms with Crippen molar-refractivity contribution < 1.29 is 13.7 Å². The van der Waals surface area contributed by atoms with Crippen molar-refractivity contribution in [3.05, 3.63) is 11.7 Å². The summed E-state index contributed by atoms with van der Waals surface area (Å²) in [6, 6.07) is 0. The Bertz CT molecular complexity index is 386. The number of alkyl halides is 1. The number of nitrogens with zero attached hydrogens (tertiary/aromatic N) is 3. The Morgan fingerprint density at radius 2 is 2.33 bits per heavy atom. The predicted molar refractivity (Wildman–Crippen MR) is 48.6 cm³/mol. The van der Waals surface area contributed by atoms with Gasteiger partial charge in [0.25, 0.3) is 5.91 Å². The van der Waals surface area contributed by atoms with Crippen LogP contribution in [-0.2, 0) is 11.3 Å². The van der Waals surface area contributed by atoms with Crippen molar-refractivity contribution in [2.75, 3.05) is 7.05 Å². The number of hydrogen-bond donors (Lipinski definition) is 0. The highest BCUT2D eigenvalue weighted by Crippen LogP contribution is 2.41. The third-order valence-electron chi connectivity index (χ3n) is 2.36. The van der Waals surface area contributed by atoms with E-state index in [0.717, 1.165) is 0 Å². The second-order valence-electron chi connectivity index (χ2n) is 3.86. The summed E-state index contributed by atoms with van der Waals surface area (Å²) in [5, 5.41) is 3.59. The van der Waals surface area contributed by atoms with Gasteiger partial charge in [0.15, 0.2) is 11.5 Å². The molecule has 0 N–H and O–H groups in total. The van der Waals surface area contributed by atoms with Crippen molar-refractivity contribution >= 4 is 5.91 Å². The first-order valence-corrected chi connectivity index (χ1v) is 4.75. The van der Waals surface area contributed by atoms with Gasteiger partial charge in [-0.05, 0) is 19.8 Å². The Labute approximate surface area is 86.3 Å². The molecule has 15 heavy (non-hydrogen) atoms. The van der Waals surface area contributed by atoms with Crippen molar-refractivity contribution in [1.82, 2.24) is 15.0 Å². The lowest BCUT2D eigenvalue weighted by atomic mass is 10.3. The van der Waals surface area contributed by atoms with Crippen LogP contribution in [-0.4, -0.2) is 33.7 Å². The van der Waals surface area contributed by atoms with Crippen LogP contribution in [0.5, 0.6) is 0 Å². The summed E-state index contributed by atoms with van der Waals surface area (Å²) in [5.74, 6) is 0.332. The summed E-state index contributed by atoms with van der Waals surface area (Å²) in [6.45, 7) is 1.84. The Morgan fingerprint density at radius 1 is 1.67 bits per heavy atom. The van der Waals surface area contributed by atoms with E-state index in [4.69, 9.17) is 4.52 Å². The SMILES string of the molecule is Cc1noc(CN(C)C(=O)C2(F)CC2)n1. The zero-order chi connectivity index (χ0) is 11.1. The number of carbonyl (C=O) groups is 1. The summed E-state index contributed by atoms with van der Waals surface area (Å²) in [4.78, 5) is 16.7. The minimum atomic E-state index is -1.64. The van der Waals surface area contributed by atoms with E-state index in [0.29, 0.717) is 24.6 Å². The van der Waals surface area contributed by atoms with Crippen LogP contribution in [0.25, 0.3) is 0 Å². The fourth-order valence-corrected chi connectivity index (χ4v) is 1.34. The summed E-state index contributed by atoms with van der Waals surface area (Å²) >= 11 is 0. The maximum Gasteiger partial charge on any atom is 0.260 e. The van der Waals surface area contributed by atoms with Crippen LogP contribution in [0.3, 0.4) is 0 Å². The molecule has 1 amide bonds. The number of carbonyl (C=O) groups excluding carboxylic acids is 1. The first-order valence-electron chi connectivity index (χ1n) is 4.75. The smallest absolute Gasteiger partial charge is 0.260 e. The Hall–Kier alpha value is -1.46. The summed E-state index contributed by atoms with van der Waals surface area (Å²) in [5.41, 5.74) is -1.64. The summed E-state index contributed by atoms with van der Waals surface area (Å²) < 4.78 is 18.2. The Balaban J connectivity index is 1.97. The molecule has 0 bridgehead atoms. The lowest BCUT2D eigenvalue weighted by Crippen LogP contribution is -2.35. The lowest BCUT2D eigenvalue weighted by Gasteiger charge is -2.16. The molecule has 1 aromatic rings. The van der Waals surface area contributed by atoms with Gasteiger partial charge in [-0.2, -0.15) is 4.98 Å². The van der Waals surface area contributed by atoms with E-state index in [2.05, 4.69) is 10.1 Å². The molecule has 0 aliphatic heterocycles. The average Bonchev–Trinajstić information content (AvgIpc) is 2.80. The molecule has 1 aromatic heterocycles. The molecule has 0 spiro atoms. The number of amides is 1. The molecule has 1 aliphatic carbocycles. The van der Waals surface area contributed by atoms with E-state index < -0.39 is 11.6 Å². The normalized spacial score (nSPS) is 17.5. The second kappa shape index (κ2) is 3.29. The quantitative estimate of drug-likeness (QED) is 0.746. The maximum atomic E-state index is 13.4. The largest absolute Gasteiger partial charge is 0.337 e. The molecule has 0 unspecified atom stereocenters. The zero-order valence-corrected chi connectivity index (χ0v) is 8.66. The van der Waals surface area contributed by atoms with E-state index >= 15 is 0 Å². The predicted octanol–water partition coefficient (Wildman–Crippen LogP) is 0.839. The standard InChI is InChI=1S/C9H12FN3O2/c1-6-11-7(15-12-6)5-13(2)8(14)9(10)3-4-9/h3-5H2,1-2H3. The minimum absolute atomic E-state index is 0.158. The van der Waals surface area contributed by atoms with Gasteiger partial charge in [-0.1, -0.05) is 5.16 Å². The van der Waals surface area contributed by atoms with Crippen LogP contribution in [0.1, 0.15) is 24.6 Å². The van der Waals surface area contributed by atoms with Crippen molar-refractivity contribution in [1.29, 1.82) is 0 Å². The highest BCUT2D eigenvalue weighted by atomic mass is 19.1. The van der Waals surface area contributed by atoms with Gasteiger partial charge in [-0.25, -0.2) is 4.39 Å². The third kappa shape index (κ3) is 1.98. The molecule has 82 valence electrons. The van der Waals surface area contributed by atoms with Gasteiger partial charge in [-0.15, -0.1) is 0 Å². The number of halogens is 1. The van der Waals surface area contributed by atoms with Crippen LogP contribution in [0, 0.1) is 6.92 Å². The van der Waals surface area contributed by atoms with Gasteiger partial charge in [0.1, 0.15) is 0 Å². The molecule has 6 heteroatoms. The first kappa shape index (κ1) is 10.1. The number of hydrogen-bond acceptors (Lipinski definition) is 4.